The van der Waals surface area contributed by atoms with E-state index in [0.29, 0.717) is 13.1 Å². The van der Waals surface area contributed by atoms with Gasteiger partial charge in [-0.05, 0) is 23.6 Å². The van der Waals surface area contributed by atoms with Gasteiger partial charge in [-0.1, -0.05) is 6.07 Å². The Morgan fingerprint density at radius 2 is 2.25 bits per heavy atom. The van der Waals surface area contributed by atoms with Crippen LogP contribution in [0.15, 0.2) is 40.3 Å². The van der Waals surface area contributed by atoms with Gasteiger partial charge in [0.05, 0.1) is 25.4 Å². The zero-order chi connectivity index (χ0) is 11.2. The Morgan fingerprint density at radius 3 is 2.88 bits per heavy atom. The molecule has 82 valence electrons. The normalized spacial score (nSPS) is 10.5. The first kappa shape index (κ1) is 10.9. The number of hydrogen-bond acceptors (Lipinski definition) is 4. The van der Waals surface area contributed by atoms with Crippen molar-refractivity contribution in [1.29, 1.82) is 5.26 Å². The van der Waals surface area contributed by atoms with Gasteiger partial charge >= 0.3 is 0 Å². The smallest absolute Gasteiger partial charge is 0.117 e. The van der Waals surface area contributed by atoms with Crippen molar-refractivity contribution >= 4 is 11.3 Å². The number of thiophene rings is 1. The molecule has 0 aliphatic rings. The van der Waals surface area contributed by atoms with E-state index in [0.717, 1.165) is 12.3 Å². The zero-order valence-corrected chi connectivity index (χ0v) is 9.61. The van der Waals surface area contributed by atoms with Crippen LogP contribution in [0.3, 0.4) is 0 Å². The Bertz CT molecular complexity index is 406. The summed E-state index contributed by atoms with van der Waals surface area (Å²) >= 11 is 1.71. The van der Waals surface area contributed by atoms with Gasteiger partial charge in [0.25, 0.3) is 0 Å². The average Bonchev–Trinajstić information content (AvgIpc) is 2.91. The molecule has 0 fully saturated rings. The SMILES string of the molecule is N#CCN(Cc1ccco1)Cc1cccs1. The van der Waals surface area contributed by atoms with E-state index in [-0.39, 0.29) is 0 Å². The number of hydrogen-bond donors (Lipinski definition) is 0. The molecule has 2 rings (SSSR count). The van der Waals surface area contributed by atoms with Crippen molar-refractivity contribution in [2.45, 2.75) is 13.1 Å². The standard InChI is InChI=1S/C12H12N2OS/c13-5-6-14(9-11-3-1-7-15-11)10-12-4-2-8-16-12/h1-4,7-8H,6,9-10H2. The summed E-state index contributed by atoms with van der Waals surface area (Å²) in [6, 6.07) is 10.1. The van der Waals surface area contributed by atoms with Gasteiger partial charge in [0.15, 0.2) is 0 Å². The molecular formula is C12H12N2OS. The minimum absolute atomic E-state index is 0.415. The van der Waals surface area contributed by atoms with Crippen LogP contribution in [0.5, 0.6) is 0 Å². The summed E-state index contributed by atoms with van der Waals surface area (Å²) in [6.07, 6.45) is 1.66. The van der Waals surface area contributed by atoms with E-state index >= 15 is 0 Å². The second-order valence-corrected chi connectivity index (χ2v) is 4.49. The molecule has 3 nitrogen and oxygen atoms in total. The molecule has 2 heterocycles. The monoisotopic (exact) mass is 232 g/mol. The largest absolute Gasteiger partial charge is 0.468 e. The molecule has 0 aliphatic carbocycles. The van der Waals surface area contributed by atoms with E-state index < -0.39 is 0 Å². The Labute approximate surface area is 98.5 Å². The first-order valence-corrected chi connectivity index (χ1v) is 5.90. The Balaban J connectivity index is 1.98. The van der Waals surface area contributed by atoms with Crippen molar-refractivity contribution in [3.8, 4) is 6.07 Å². The van der Waals surface area contributed by atoms with Gasteiger partial charge in [0.1, 0.15) is 5.76 Å². The second-order valence-electron chi connectivity index (χ2n) is 3.46. The predicted molar refractivity (Wildman–Crippen MR) is 62.8 cm³/mol. The quantitative estimate of drug-likeness (QED) is 0.744. The highest BCUT2D eigenvalue weighted by molar-refractivity contribution is 7.09. The molecule has 0 N–H and O–H groups in total. The molecule has 2 aromatic heterocycles. The molecule has 0 unspecified atom stereocenters. The maximum absolute atomic E-state index is 8.78. The van der Waals surface area contributed by atoms with Gasteiger partial charge in [-0.25, -0.2) is 0 Å². The van der Waals surface area contributed by atoms with E-state index in [1.54, 1.807) is 17.6 Å². The third kappa shape index (κ3) is 2.96. The molecule has 0 saturated carbocycles. The minimum atomic E-state index is 0.415. The van der Waals surface area contributed by atoms with Gasteiger partial charge in [-0.15, -0.1) is 11.3 Å². The van der Waals surface area contributed by atoms with Gasteiger partial charge in [0.2, 0.25) is 0 Å². The molecular weight excluding hydrogens is 220 g/mol. The lowest BCUT2D eigenvalue weighted by molar-refractivity contribution is 0.265. The highest BCUT2D eigenvalue weighted by Crippen LogP contribution is 2.14. The van der Waals surface area contributed by atoms with Crippen molar-refractivity contribution in [2.75, 3.05) is 6.54 Å². The van der Waals surface area contributed by atoms with E-state index in [1.165, 1.54) is 4.88 Å². The van der Waals surface area contributed by atoms with Gasteiger partial charge in [-0.3, -0.25) is 4.90 Å². The molecule has 4 heteroatoms. The first-order chi connectivity index (χ1) is 7.88. The van der Waals surface area contributed by atoms with Crippen LogP contribution >= 0.6 is 11.3 Å². The molecule has 0 radical (unpaired) electrons. The van der Waals surface area contributed by atoms with Crippen LogP contribution < -0.4 is 0 Å². The molecule has 16 heavy (non-hydrogen) atoms. The fourth-order valence-electron chi connectivity index (χ4n) is 1.51. The van der Waals surface area contributed by atoms with Crippen LogP contribution in [-0.2, 0) is 13.1 Å². The van der Waals surface area contributed by atoms with Crippen LogP contribution in [0.25, 0.3) is 0 Å². The molecule has 0 saturated heterocycles. The summed E-state index contributed by atoms with van der Waals surface area (Å²) < 4.78 is 5.28. The van der Waals surface area contributed by atoms with Crippen molar-refractivity contribution in [3.05, 3.63) is 46.5 Å². The summed E-state index contributed by atoms with van der Waals surface area (Å²) in [5, 5.41) is 10.8. The van der Waals surface area contributed by atoms with E-state index in [2.05, 4.69) is 17.0 Å². The van der Waals surface area contributed by atoms with E-state index in [1.807, 2.05) is 23.6 Å². The Morgan fingerprint density at radius 1 is 1.31 bits per heavy atom. The highest BCUT2D eigenvalue weighted by atomic mass is 32.1. The number of rotatable bonds is 5. The molecule has 2 aromatic rings. The molecule has 0 spiro atoms. The summed E-state index contributed by atoms with van der Waals surface area (Å²) in [6.45, 7) is 1.89. The molecule has 0 amide bonds. The van der Waals surface area contributed by atoms with E-state index in [9.17, 15) is 0 Å². The van der Waals surface area contributed by atoms with Crippen molar-refractivity contribution in [2.24, 2.45) is 0 Å². The van der Waals surface area contributed by atoms with Crippen LogP contribution in [-0.4, -0.2) is 11.4 Å². The van der Waals surface area contributed by atoms with Crippen LogP contribution in [0.1, 0.15) is 10.6 Å². The third-order valence-corrected chi connectivity index (χ3v) is 3.07. The summed E-state index contributed by atoms with van der Waals surface area (Å²) in [5.74, 6) is 0.895. The molecule has 0 atom stereocenters. The first-order valence-electron chi connectivity index (χ1n) is 5.02. The van der Waals surface area contributed by atoms with E-state index in [4.69, 9.17) is 9.68 Å². The molecule has 0 aliphatic heterocycles. The average molecular weight is 232 g/mol. The molecule has 0 aromatic carbocycles. The van der Waals surface area contributed by atoms with Crippen LogP contribution in [0.2, 0.25) is 0 Å². The number of nitrogens with zero attached hydrogens (tertiary/aromatic N) is 2. The number of nitriles is 1. The zero-order valence-electron chi connectivity index (χ0n) is 8.80. The maximum atomic E-state index is 8.78. The van der Waals surface area contributed by atoms with Crippen molar-refractivity contribution < 1.29 is 4.42 Å². The summed E-state index contributed by atoms with van der Waals surface area (Å²) in [7, 11) is 0. The molecule has 0 bridgehead atoms. The van der Waals surface area contributed by atoms with Gasteiger partial charge in [-0.2, -0.15) is 5.26 Å². The predicted octanol–water partition coefficient (Wildman–Crippen LogP) is 2.87. The topological polar surface area (TPSA) is 40.2 Å². The Kier molecular flexibility index (Phi) is 3.76. The van der Waals surface area contributed by atoms with Crippen LogP contribution in [0.4, 0.5) is 0 Å². The fraction of sp³-hybridized carbons (Fsp3) is 0.250. The van der Waals surface area contributed by atoms with Crippen molar-refractivity contribution in [3.63, 3.8) is 0 Å². The lowest BCUT2D eigenvalue weighted by atomic mass is 10.3. The maximum Gasteiger partial charge on any atom is 0.117 e. The lowest BCUT2D eigenvalue weighted by Crippen LogP contribution is -2.22. The minimum Gasteiger partial charge on any atom is -0.468 e. The lowest BCUT2D eigenvalue weighted by Gasteiger charge is -2.16. The van der Waals surface area contributed by atoms with Crippen molar-refractivity contribution in [1.82, 2.24) is 4.90 Å². The summed E-state index contributed by atoms with van der Waals surface area (Å²) in [4.78, 5) is 3.33. The highest BCUT2D eigenvalue weighted by Gasteiger charge is 2.08. The fourth-order valence-corrected chi connectivity index (χ4v) is 2.26. The van der Waals surface area contributed by atoms with Gasteiger partial charge < -0.3 is 4.42 Å². The second kappa shape index (κ2) is 5.50. The van der Waals surface area contributed by atoms with Gasteiger partial charge in [0, 0.05) is 11.4 Å². The van der Waals surface area contributed by atoms with Crippen LogP contribution in [0, 0.1) is 11.3 Å². The Hall–Kier alpha value is -1.57. The number of furan rings is 1. The third-order valence-electron chi connectivity index (χ3n) is 2.21. The summed E-state index contributed by atoms with van der Waals surface area (Å²) in [5.41, 5.74) is 0.